The van der Waals surface area contributed by atoms with Crippen LogP contribution in [0.15, 0.2) is 60.7 Å². The van der Waals surface area contributed by atoms with Crippen LogP contribution in [-0.4, -0.2) is 53.5 Å². The van der Waals surface area contributed by atoms with Gasteiger partial charge in [0.25, 0.3) is 0 Å². The van der Waals surface area contributed by atoms with Crippen LogP contribution in [0.5, 0.6) is 0 Å². The van der Waals surface area contributed by atoms with Crippen molar-refractivity contribution in [1.29, 1.82) is 0 Å². The van der Waals surface area contributed by atoms with Gasteiger partial charge in [0.2, 0.25) is 11.8 Å². The number of thiocarbonyl (C=S) groups is 1. The molecule has 0 spiro atoms. The van der Waals surface area contributed by atoms with Crippen molar-refractivity contribution in [3.8, 4) is 0 Å². The summed E-state index contributed by atoms with van der Waals surface area (Å²) in [6.45, 7) is 3.32. The number of ether oxygens (including phenoxy) is 1. The zero-order valence-corrected chi connectivity index (χ0v) is 23.7. The Bertz CT molecular complexity index is 1020. The van der Waals surface area contributed by atoms with E-state index >= 15 is 0 Å². The van der Waals surface area contributed by atoms with Crippen molar-refractivity contribution in [1.82, 2.24) is 15.5 Å². The molecule has 2 N–H and O–H groups in total. The molecule has 0 radical (unpaired) electrons. The van der Waals surface area contributed by atoms with Gasteiger partial charge in [-0.3, -0.25) is 14.4 Å². The molecule has 7 nitrogen and oxygen atoms in total. The second-order valence-electron chi connectivity index (χ2n) is 9.95. The highest BCUT2D eigenvalue weighted by Gasteiger charge is 2.35. The molecule has 2 aromatic rings. The Balaban J connectivity index is 1.54. The molecule has 1 aliphatic rings. The van der Waals surface area contributed by atoms with Crippen molar-refractivity contribution in [3.63, 3.8) is 0 Å². The standard InChI is InChI=1S/C31H41N3O4S/c1-2-3-4-5-6-7-8-15-22-38-27(35)23-26-29(36)32-20-21-34(26)31(39)33-30(37)28(24-16-11-9-12-17-24)25-18-13-10-14-19-25/h9-14,16-19,26,28H,2-8,15,20-23H2,1H3,(H,32,36)(H,33,37,39). The molecule has 39 heavy (non-hydrogen) atoms. The number of hydrogen-bond acceptors (Lipinski definition) is 5. The maximum Gasteiger partial charge on any atom is 0.308 e. The zero-order chi connectivity index (χ0) is 27.9. The lowest BCUT2D eigenvalue weighted by molar-refractivity contribution is -0.147. The van der Waals surface area contributed by atoms with E-state index in [2.05, 4.69) is 17.6 Å². The maximum atomic E-state index is 13.5. The lowest BCUT2D eigenvalue weighted by atomic mass is 9.90. The summed E-state index contributed by atoms with van der Waals surface area (Å²) in [5, 5.41) is 5.77. The van der Waals surface area contributed by atoms with Crippen molar-refractivity contribution in [3.05, 3.63) is 71.8 Å². The van der Waals surface area contributed by atoms with E-state index in [1.807, 2.05) is 60.7 Å². The Morgan fingerprint density at radius 2 is 1.51 bits per heavy atom. The summed E-state index contributed by atoms with van der Waals surface area (Å²) in [7, 11) is 0. The summed E-state index contributed by atoms with van der Waals surface area (Å²) in [6, 6.07) is 18.1. The van der Waals surface area contributed by atoms with Crippen LogP contribution in [0.3, 0.4) is 0 Å². The van der Waals surface area contributed by atoms with Crippen LogP contribution in [0.2, 0.25) is 0 Å². The van der Waals surface area contributed by atoms with Crippen molar-refractivity contribution in [2.45, 2.75) is 76.7 Å². The smallest absolute Gasteiger partial charge is 0.308 e. The Hall–Kier alpha value is -3.26. The predicted octanol–water partition coefficient (Wildman–Crippen LogP) is 5.09. The van der Waals surface area contributed by atoms with Crippen molar-refractivity contribution >= 4 is 35.1 Å². The van der Waals surface area contributed by atoms with E-state index in [4.69, 9.17) is 17.0 Å². The van der Waals surface area contributed by atoms with Gasteiger partial charge in [0.15, 0.2) is 5.11 Å². The quantitative estimate of drug-likeness (QED) is 0.193. The van der Waals surface area contributed by atoms with Crippen LogP contribution < -0.4 is 10.6 Å². The summed E-state index contributed by atoms with van der Waals surface area (Å²) in [6.07, 6.45) is 9.14. The molecule has 210 valence electrons. The van der Waals surface area contributed by atoms with Crippen molar-refractivity contribution < 1.29 is 19.1 Å². The van der Waals surface area contributed by atoms with E-state index in [-0.39, 0.29) is 23.3 Å². The Kier molecular flexibility index (Phi) is 12.9. The highest BCUT2D eigenvalue weighted by Crippen LogP contribution is 2.25. The van der Waals surface area contributed by atoms with Crippen LogP contribution in [-0.2, 0) is 19.1 Å². The Labute approximate surface area is 237 Å². The molecule has 8 heteroatoms. The fourth-order valence-corrected chi connectivity index (χ4v) is 5.15. The number of unbranched alkanes of at least 4 members (excludes halogenated alkanes) is 7. The fraction of sp³-hybridized carbons (Fsp3) is 0.484. The Morgan fingerprint density at radius 1 is 0.949 bits per heavy atom. The molecule has 2 aromatic carbocycles. The van der Waals surface area contributed by atoms with Crippen molar-refractivity contribution in [2.75, 3.05) is 19.7 Å². The van der Waals surface area contributed by atoms with Gasteiger partial charge in [0.05, 0.1) is 18.9 Å². The molecule has 0 aliphatic carbocycles. The van der Waals surface area contributed by atoms with Crippen LogP contribution in [0.4, 0.5) is 0 Å². The minimum absolute atomic E-state index is 0.125. The summed E-state index contributed by atoms with van der Waals surface area (Å²) in [5.74, 6) is -1.60. The van der Waals surface area contributed by atoms with E-state index in [1.165, 1.54) is 32.1 Å². The lowest BCUT2D eigenvalue weighted by Gasteiger charge is -2.36. The number of benzene rings is 2. The second-order valence-corrected chi connectivity index (χ2v) is 10.3. The van der Waals surface area contributed by atoms with E-state index in [9.17, 15) is 14.4 Å². The van der Waals surface area contributed by atoms with Gasteiger partial charge < -0.3 is 20.3 Å². The number of nitrogens with one attached hydrogen (secondary N) is 2. The highest BCUT2D eigenvalue weighted by atomic mass is 32.1. The average Bonchev–Trinajstić information content (AvgIpc) is 2.94. The topological polar surface area (TPSA) is 87.7 Å². The van der Waals surface area contributed by atoms with Crippen LogP contribution in [0, 0.1) is 0 Å². The van der Waals surface area contributed by atoms with Crippen LogP contribution in [0.25, 0.3) is 0 Å². The zero-order valence-electron chi connectivity index (χ0n) is 22.9. The number of esters is 1. The van der Waals surface area contributed by atoms with E-state index < -0.39 is 17.9 Å². The minimum Gasteiger partial charge on any atom is -0.466 e. The predicted molar refractivity (Wildman–Crippen MR) is 157 cm³/mol. The molecular formula is C31H41N3O4S. The third-order valence-electron chi connectivity index (χ3n) is 6.97. The number of carbonyl (C=O) groups is 3. The normalized spacial score (nSPS) is 15.1. The first-order chi connectivity index (χ1) is 19.0. The fourth-order valence-electron chi connectivity index (χ4n) is 4.84. The van der Waals surface area contributed by atoms with Gasteiger partial charge in [-0.2, -0.15) is 0 Å². The molecule has 1 saturated heterocycles. The van der Waals surface area contributed by atoms with Gasteiger partial charge in [-0.05, 0) is 29.8 Å². The SMILES string of the molecule is CCCCCCCCCCOC(=O)CC1C(=O)NCCN1C(=S)NC(=O)C(c1ccccc1)c1ccccc1. The monoisotopic (exact) mass is 551 g/mol. The number of carbonyl (C=O) groups excluding carboxylic acids is 3. The van der Waals surface area contributed by atoms with Gasteiger partial charge in [0.1, 0.15) is 6.04 Å². The largest absolute Gasteiger partial charge is 0.466 e. The average molecular weight is 552 g/mol. The lowest BCUT2D eigenvalue weighted by Crippen LogP contribution is -2.60. The number of hydrogen-bond donors (Lipinski definition) is 2. The van der Waals surface area contributed by atoms with Crippen LogP contribution >= 0.6 is 12.2 Å². The number of amides is 2. The Morgan fingerprint density at radius 3 is 2.10 bits per heavy atom. The number of piperazine rings is 1. The third kappa shape index (κ3) is 9.77. The molecule has 1 atom stereocenters. The van der Waals surface area contributed by atoms with E-state index in [1.54, 1.807) is 4.90 Å². The number of nitrogens with zero attached hydrogens (tertiary/aromatic N) is 1. The molecule has 1 unspecified atom stereocenters. The van der Waals surface area contributed by atoms with Gasteiger partial charge in [-0.1, -0.05) is 113 Å². The first-order valence-corrected chi connectivity index (χ1v) is 14.6. The first kappa shape index (κ1) is 30.3. The molecule has 1 heterocycles. The van der Waals surface area contributed by atoms with E-state index in [0.29, 0.717) is 19.7 Å². The first-order valence-electron chi connectivity index (χ1n) is 14.2. The second kappa shape index (κ2) is 16.6. The van der Waals surface area contributed by atoms with Crippen LogP contribution in [0.1, 0.15) is 81.8 Å². The highest BCUT2D eigenvalue weighted by molar-refractivity contribution is 7.80. The molecule has 1 aliphatic heterocycles. The molecule has 2 amide bonds. The molecule has 0 bridgehead atoms. The molecule has 0 saturated carbocycles. The summed E-state index contributed by atoms with van der Waals surface area (Å²) >= 11 is 5.59. The minimum atomic E-state index is -0.829. The maximum absolute atomic E-state index is 13.5. The summed E-state index contributed by atoms with van der Waals surface area (Å²) < 4.78 is 5.43. The third-order valence-corrected chi connectivity index (χ3v) is 7.31. The van der Waals surface area contributed by atoms with Gasteiger partial charge in [-0.25, -0.2) is 0 Å². The molecular weight excluding hydrogens is 510 g/mol. The summed E-state index contributed by atoms with van der Waals surface area (Å²) in [5.41, 5.74) is 1.67. The molecule has 1 fully saturated rings. The van der Waals surface area contributed by atoms with Crippen molar-refractivity contribution in [2.24, 2.45) is 0 Å². The van der Waals surface area contributed by atoms with Gasteiger partial charge in [-0.15, -0.1) is 0 Å². The van der Waals surface area contributed by atoms with Gasteiger partial charge in [0, 0.05) is 13.1 Å². The number of rotatable bonds is 14. The van der Waals surface area contributed by atoms with Gasteiger partial charge >= 0.3 is 5.97 Å². The molecule has 0 aromatic heterocycles. The van der Waals surface area contributed by atoms with E-state index in [0.717, 1.165) is 30.4 Å². The summed E-state index contributed by atoms with van der Waals surface area (Å²) in [4.78, 5) is 40.4. The molecule has 3 rings (SSSR count).